The van der Waals surface area contributed by atoms with Gasteiger partial charge in [-0.05, 0) is 42.3 Å². The Kier molecular flexibility index (Phi) is 9.21. The quantitative estimate of drug-likeness (QED) is 0.179. The molecule has 1 heterocycles. The molecule has 7 nitrogen and oxygen atoms in total. The van der Waals surface area contributed by atoms with E-state index in [9.17, 15) is 22.8 Å². The summed E-state index contributed by atoms with van der Waals surface area (Å²) in [4.78, 5) is 29.7. The highest BCUT2D eigenvalue weighted by Gasteiger charge is 2.54. The number of aliphatic imine (C=N–C) groups is 1. The van der Waals surface area contributed by atoms with E-state index >= 15 is 0 Å². The van der Waals surface area contributed by atoms with Crippen LogP contribution in [-0.2, 0) is 18.9 Å². The number of rotatable bonds is 8. The van der Waals surface area contributed by atoms with Crippen molar-refractivity contribution in [3.63, 3.8) is 0 Å². The predicted molar refractivity (Wildman–Crippen MR) is 140 cm³/mol. The van der Waals surface area contributed by atoms with Crippen LogP contribution in [0.3, 0.4) is 0 Å². The summed E-state index contributed by atoms with van der Waals surface area (Å²) < 4.78 is 64.8. The summed E-state index contributed by atoms with van der Waals surface area (Å²) in [6.07, 6.45) is -10.0. The molecule has 1 saturated heterocycles. The van der Waals surface area contributed by atoms with Gasteiger partial charge in [-0.1, -0.05) is 74.9 Å². The van der Waals surface area contributed by atoms with Crippen molar-refractivity contribution < 1.29 is 41.7 Å². The molecule has 1 aliphatic rings. The largest absolute Gasteiger partial charge is 0.468 e. The normalized spacial score (nSPS) is 21.9. The number of benzene rings is 3. The highest BCUT2D eigenvalue weighted by molar-refractivity contribution is 5.90. The van der Waals surface area contributed by atoms with Crippen molar-refractivity contribution >= 4 is 23.5 Å². The van der Waals surface area contributed by atoms with Crippen LogP contribution in [-0.4, -0.2) is 48.6 Å². The zero-order valence-corrected chi connectivity index (χ0v) is 21.8. The SMILES string of the molecule is CC[C@@H](C)[C@@H]1OC(OC(=Nc2ccccc2)C(F)(F)F)[C@@H](OC(=O)c2ccccc2)C1OC(=O)c1ccccc1. The van der Waals surface area contributed by atoms with E-state index in [4.69, 9.17) is 18.9 Å². The smallest absolute Gasteiger partial charge is 0.452 e. The molecule has 0 radical (unpaired) electrons. The number of para-hydroxylation sites is 1. The summed E-state index contributed by atoms with van der Waals surface area (Å²) >= 11 is 0. The Hall–Kier alpha value is -4.18. The summed E-state index contributed by atoms with van der Waals surface area (Å²) in [6.45, 7) is 3.64. The van der Waals surface area contributed by atoms with Gasteiger partial charge in [-0.2, -0.15) is 13.2 Å². The summed E-state index contributed by atoms with van der Waals surface area (Å²) in [6, 6.07) is 23.4. The van der Waals surface area contributed by atoms with Crippen molar-refractivity contribution in [1.82, 2.24) is 0 Å². The van der Waals surface area contributed by atoms with Crippen LogP contribution in [0.4, 0.5) is 18.9 Å². The van der Waals surface area contributed by atoms with Crippen LogP contribution >= 0.6 is 0 Å². The monoisotopic (exact) mass is 555 g/mol. The van der Waals surface area contributed by atoms with Gasteiger partial charge in [0.05, 0.1) is 16.8 Å². The Morgan fingerprint density at radius 2 is 1.27 bits per heavy atom. The molecule has 0 saturated carbocycles. The number of carbonyl (C=O) groups is 2. The van der Waals surface area contributed by atoms with Crippen molar-refractivity contribution in [3.05, 3.63) is 102 Å². The number of carbonyl (C=O) groups excluding carboxylic acids is 2. The second-order valence-electron chi connectivity index (χ2n) is 9.19. The van der Waals surface area contributed by atoms with Gasteiger partial charge in [0.2, 0.25) is 12.4 Å². The van der Waals surface area contributed by atoms with Crippen LogP contribution in [0.25, 0.3) is 0 Å². The number of hydrogen-bond donors (Lipinski definition) is 0. The standard InChI is InChI=1S/C30H28F3NO6/c1-3-19(2)23-24(37-26(35)20-13-7-4-8-14-20)25(38-27(36)21-15-9-5-10-16-21)28(39-23)40-29(30(31,32)33)34-22-17-11-6-12-18-22/h4-19,23-25,28H,3H2,1-2H3/t19-,23+,24?,25+,28?/m1/s1. The van der Waals surface area contributed by atoms with Gasteiger partial charge in [0, 0.05) is 0 Å². The molecule has 0 aromatic heterocycles. The van der Waals surface area contributed by atoms with Crippen molar-refractivity contribution in [2.75, 3.05) is 0 Å². The molecule has 4 rings (SSSR count). The zero-order valence-electron chi connectivity index (χ0n) is 21.8. The first-order valence-electron chi connectivity index (χ1n) is 12.7. The van der Waals surface area contributed by atoms with Crippen LogP contribution in [0.5, 0.6) is 0 Å². The fourth-order valence-electron chi connectivity index (χ4n) is 4.11. The molecule has 0 aliphatic carbocycles. The molecule has 10 heteroatoms. The number of hydrogen-bond acceptors (Lipinski definition) is 7. The van der Waals surface area contributed by atoms with Crippen LogP contribution in [0, 0.1) is 5.92 Å². The average Bonchev–Trinajstić information content (AvgIpc) is 3.29. The fourth-order valence-corrected chi connectivity index (χ4v) is 4.11. The summed E-state index contributed by atoms with van der Waals surface area (Å²) in [5.74, 6) is -3.50. The zero-order chi connectivity index (χ0) is 28.7. The first-order chi connectivity index (χ1) is 19.2. The second-order valence-corrected chi connectivity index (χ2v) is 9.19. The molecule has 210 valence electrons. The Morgan fingerprint density at radius 1 is 0.800 bits per heavy atom. The number of halogens is 3. The lowest BCUT2D eigenvalue weighted by Crippen LogP contribution is -2.44. The maximum absolute atomic E-state index is 14.1. The third-order valence-electron chi connectivity index (χ3n) is 6.37. The Morgan fingerprint density at radius 3 is 1.75 bits per heavy atom. The number of esters is 2. The lowest BCUT2D eigenvalue weighted by Gasteiger charge is -2.26. The molecule has 3 aromatic rings. The van der Waals surface area contributed by atoms with E-state index in [2.05, 4.69) is 4.99 Å². The molecule has 0 bridgehead atoms. The predicted octanol–water partition coefficient (Wildman–Crippen LogP) is 6.52. The van der Waals surface area contributed by atoms with Gasteiger partial charge in [0.25, 0.3) is 5.90 Å². The average molecular weight is 556 g/mol. The van der Waals surface area contributed by atoms with E-state index < -0.39 is 48.6 Å². The molecular formula is C30H28F3NO6. The molecule has 2 unspecified atom stereocenters. The van der Waals surface area contributed by atoms with Crippen LogP contribution in [0.1, 0.15) is 41.0 Å². The topological polar surface area (TPSA) is 83.4 Å². The van der Waals surface area contributed by atoms with Crippen molar-refractivity contribution in [2.24, 2.45) is 10.9 Å². The number of nitrogens with zero attached hydrogens (tertiary/aromatic N) is 1. The van der Waals surface area contributed by atoms with Gasteiger partial charge in [-0.3, -0.25) is 0 Å². The Labute approximate surface area is 229 Å². The van der Waals surface area contributed by atoms with E-state index in [1.165, 1.54) is 48.5 Å². The number of ether oxygens (including phenoxy) is 4. The lowest BCUT2D eigenvalue weighted by molar-refractivity contribution is -0.154. The third kappa shape index (κ3) is 7.06. The first kappa shape index (κ1) is 28.8. The van der Waals surface area contributed by atoms with Crippen molar-refractivity contribution in [3.8, 4) is 0 Å². The molecule has 1 fully saturated rings. The third-order valence-corrected chi connectivity index (χ3v) is 6.37. The van der Waals surface area contributed by atoms with Crippen molar-refractivity contribution in [2.45, 2.75) is 51.0 Å². The summed E-state index contributed by atoms with van der Waals surface area (Å²) in [5.41, 5.74) is 0.357. The van der Waals surface area contributed by atoms with E-state index in [0.29, 0.717) is 6.42 Å². The maximum atomic E-state index is 14.1. The van der Waals surface area contributed by atoms with Crippen LogP contribution < -0.4 is 0 Å². The van der Waals surface area contributed by atoms with E-state index in [-0.39, 0.29) is 22.7 Å². The molecule has 0 spiro atoms. The van der Waals surface area contributed by atoms with Gasteiger partial charge >= 0.3 is 18.1 Å². The first-order valence-corrected chi connectivity index (χ1v) is 12.7. The minimum absolute atomic E-state index is 0.00353. The van der Waals surface area contributed by atoms with E-state index in [1.54, 1.807) is 49.4 Å². The van der Waals surface area contributed by atoms with Gasteiger partial charge in [0.15, 0.2) is 6.10 Å². The van der Waals surface area contributed by atoms with Crippen LogP contribution in [0.2, 0.25) is 0 Å². The minimum atomic E-state index is -5.00. The molecule has 3 aromatic carbocycles. The summed E-state index contributed by atoms with van der Waals surface area (Å²) in [5, 5.41) is 0. The highest BCUT2D eigenvalue weighted by atomic mass is 19.4. The molecule has 1 aliphatic heterocycles. The highest BCUT2D eigenvalue weighted by Crippen LogP contribution is 2.36. The van der Waals surface area contributed by atoms with Gasteiger partial charge in [-0.25, -0.2) is 14.6 Å². The number of alkyl halides is 3. The molecule has 5 atom stereocenters. The van der Waals surface area contributed by atoms with Gasteiger partial charge < -0.3 is 18.9 Å². The van der Waals surface area contributed by atoms with E-state index in [1.807, 2.05) is 6.92 Å². The van der Waals surface area contributed by atoms with Crippen molar-refractivity contribution in [1.29, 1.82) is 0 Å². The maximum Gasteiger partial charge on any atom is 0.468 e. The van der Waals surface area contributed by atoms with Gasteiger partial charge in [0.1, 0.15) is 6.10 Å². The lowest BCUT2D eigenvalue weighted by atomic mass is 9.96. The Bertz CT molecular complexity index is 1300. The van der Waals surface area contributed by atoms with Gasteiger partial charge in [-0.15, -0.1) is 0 Å². The molecule has 0 N–H and O–H groups in total. The molecule has 40 heavy (non-hydrogen) atoms. The summed E-state index contributed by atoms with van der Waals surface area (Å²) in [7, 11) is 0. The van der Waals surface area contributed by atoms with E-state index in [0.717, 1.165) is 0 Å². The molecular weight excluding hydrogens is 527 g/mol. The fraction of sp³-hybridized carbons (Fsp3) is 0.300. The Balaban J connectivity index is 1.71. The minimum Gasteiger partial charge on any atom is -0.452 e. The second kappa shape index (κ2) is 12.8. The molecule has 0 amide bonds. The van der Waals surface area contributed by atoms with Crippen LogP contribution in [0.15, 0.2) is 96.0 Å².